The molecule has 3 heteroatoms. The van der Waals surface area contributed by atoms with Crippen LogP contribution in [-0.2, 0) is 0 Å². The van der Waals surface area contributed by atoms with Crippen molar-refractivity contribution in [1.29, 1.82) is 0 Å². The van der Waals surface area contributed by atoms with Gasteiger partial charge in [-0.25, -0.2) is 4.98 Å². The summed E-state index contributed by atoms with van der Waals surface area (Å²) in [4.78, 5) is 5.72. The maximum atomic E-state index is 4.49. The third-order valence-electron chi connectivity index (χ3n) is 2.68. The standard InChI is InChI=1S/C14H16N2S/c1-10-7-8-12(9-11(10)2)17-14-6-4-5-13(15-3)16-14/h4-9H,1-3H3,(H,15,16). The summed E-state index contributed by atoms with van der Waals surface area (Å²) in [5.74, 6) is 0.902. The van der Waals surface area contributed by atoms with Crippen LogP contribution in [-0.4, -0.2) is 12.0 Å². The van der Waals surface area contributed by atoms with E-state index in [2.05, 4.69) is 42.3 Å². The van der Waals surface area contributed by atoms with Crippen LogP contribution in [0.15, 0.2) is 46.3 Å². The van der Waals surface area contributed by atoms with Gasteiger partial charge in [-0.05, 0) is 49.2 Å². The molecule has 0 amide bonds. The number of anilines is 1. The van der Waals surface area contributed by atoms with Crippen molar-refractivity contribution in [2.24, 2.45) is 0 Å². The average molecular weight is 244 g/mol. The highest BCUT2D eigenvalue weighted by atomic mass is 32.2. The first kappa shape index (κ1) is 12.0. The Morgan fingerprint density at radius 3 is 2.59 bits per heavy atom. The molecule has 1 aromatic heterocycles. The minimum atomic E-state index is 0.902. The predicted molar refractivity (Wildman–Crippen MR) is 73.8 cm³/mol. The maximum absolute atomic E-state index is 4.49. The van der Waals surface area contributed by atoms with Crippen LogP contribution in [0.1, 0.15) is 11.1 Å². The Morgan fingerprint density at radius 1 is 1.06 bits per heavy atom. The summed E-state index contributed by atoms with van der Waals surface area (Å²) in [6, 6.07) is 12.5. The van der Waals surface area contributed by atoms with E-state index in [1.165, 1.54) is 16.0 Å². The van der Waals surface area contributed by atoms with Gasteiger partial charge in [0.05, 0.1) is 0 Å². The van der Waals surface area contributed by atoms with E-state index in [0.717, 1.165) is 10.8 Å². The highest BCUT2D eigenvalue weighted by Gasteiger charge is 2.01. The Balaban J connectivity index is 2.22. The van der Waals surface area contributed by atoms with Gasteiger partial charge >= 0.3 is 0 Å². The molecule has 1 aromatic carbocycles. The largest absolute Gasteiger partial charge is 0.373 e. The molecule has 0 spiro atoms. The number of pyridine rings is 1. The Bertz CT molecular complexity index is 523. The van der Waals surface area contributed by atoms with Crippen molar-refractivity contribution in [1.82, 2.24) is 4.98 Å². The molecule has 1 N–H and O–H groups in total. The first-order valence-electron chi connectivity index (χ1n) is 5.59. The van der Waals surface area contributed by atoms with Gasteiger partial charge < -0.3 is 5.32 Å². The van der Waals surface area contributed by atoms with Gasteiger partial charge in [-0.3, -0.25) is 0 Å². The summed E-state index contributed by atoms with van der Waals surface area (Å²) < 4.78 is 0. The van der Waals surface area contributed by atoms with Crippen molar-refractivity contribution in [2.45, 2.75) is 23.8 Å². The lowest BCUT2D eigenvalue weighted by atomic mass is 10.1. The van der Waals surface area contributed by atoms with Crippen LogP contribution < -0.4 is 5.32 Å². The third kappa shape index (κ3) is 3.01. The summed E-state index contributed by atoms with van der Waals surface area (Å²) in [7, 11) is 1.88. The first-order chi connectivity index (χ1) is 8.19. The number of nitrogens with zero attached hydrogens (tertiary/aromatic N) is 1. The Kier molecular flexibility index (Phi) is 3.69. The topological polar surface area (TPSA) is 24.9 Å². The lowest BCUT2D eigenvalue weighted by molar-refractivity contribution is 1.12. The second kappa shape index (κ2) is 5.23. The molecule has 0 saturated carbocycles. The van der Waals surface area contributed by atoms with Crippen LogP contribution in [0.5, 0.6) is 0 Å². The Hall–Kier alpha value is -1.48. The van der Waals surface area contributed by atoms with Crippen molar-refractivity contribution >= 4 is 17.6 Å². The lowest BCUT2D eigenvalue weighted by Crippen LogP contribution is -1.92. The third-order valence-corrected chi connectivity index (χ3v) is 3.61. The van der Waals surface area contributed by atoms with Crippen LogP contribution in [0.25, 0.3) is 0 Å². The molecule has 2 nitrogen and oxygen atoms in total. The summed E-state index contributed by atoms with van der Waals surface area (Å²) in [5, 5.41) is 4.06. The number of aromatic nitrogens is 1. The zero-order valence-electron chi connectivity index (χ0n) is 10.3. The molecule has 88 valence electrons. The smallest absolute Gasteiger partial charge is 0.127 e. The summed E-state index contributed by atoms with van der Waals surface area (Å²) in [6.07, 6.45) is 0. The fraction of sp³-hybridized carbons (Fsp3) is 0.214. The van der Waals surface area contributed by atoms with E-state index in [4.69, 9.17) is 0 Å². The Morgan fingerprint density at radius 2 is 1.88 bits per heavy atom. The van der Waals surface area contributed by atoms with Crippen LogP contribution in [0.3, 0.4) is 0 Å². The van der Waals surface area contributed by atoms with Crippen molar-refractivity contribution in [3.63, 3.8) is 0 Å². The summed E-state index contributed by atoms with van der Waals surface area (Å²) in [6.45, 7) is 4.26. The van der Waals surface area contributed by atoms with E-state index in [-0.39, 0.29) is 0 Å². The van der Waals surface area contributed by atoms with Gasteiger partial charge in [0.1, 0.15) is 10.8 Å². The number of hydrogen-bond acceptors (Lipinski definition) is 3. The Labute approximate surface area is 106 Å². The second-order valence-electron chi connectivity index (χ2n) is 3.96. The normalized spacial score (nSPS) is 10.3. The molecule has 0 aliphatic carbocycles. The van der Waals surface area contributed by atoms with Gasteiger partial charge in [-0.1, -0.05) is 23.9 Å². The number of rotatable bonds is 3. The fourth-order valence-corrected chi connectivity index (χ4v) is 2.41. The highest BCUT2D eigenvalue weighted by Crippen LogP contribution is 2.28. The molecule has 0 radical (unpaired) electrons. The first-order valence-corrected chi connectivity index (χ1v) is 6.40. The highest BCUT2D eigenvalue weighted by molar-refractivity contribution is 7.99. The fourth-order valence-electron chi connectivity index (χ4n) is 1.51. The minimum Gasteiger partial charge on any atom is -0.373 e. The second-order valence-corrected chi connectivity index (χ2v) is 5.05. The molecule has 1 heterocycles. The number of benzene rings is 1. The van der Waals surface area contributed by atoms with Gasteiger partial charge in [0.15, 0.2) is 0 Å². The molecular weight excluding hydrogens is 228 g/mol. The molecular formula is C14H16N2S. The van der Waals surface area contributed by atoms with Gasteiger partial charge in [-0.2, -0.15) is 0 Å². The van der Waals surface area contributed by atoms with E-state index < -0.39 is 0 Å². The van der Waals surface area contributed by atoms with Crippen molar-refractivity contribution in [3.8, 4) is 0 Å². The van der Waals surface area contributed by atoms with Gasteiger partial charge in [0.25, 0.3) is 0 Å². The molecule has 0 unspecified atom stereocenters. The number of nitrogens with one attached hydrogen (secondary N) is 1. The number of hydrogen-bond donors (Lipinski definition) is 1. The molecule has 0 saturated heterocycles. The molecule has 2 rings (SSSR count). The zero-order valence-corrected chi connectivity index (χ0v) is 11.1. The van der Waals surface area contributed by atoms with Crippen LogP contribution in [0, 0.1) is 13.8 Å². The molecule has 17 heavy (non-hydrogen) atoms. The van der Waals surface area contributed by atoms with Crippen LogP contribution in [0.4, 0.5) is 5.82 Å². The van der Waals surface area contributed by atoms with Crippen LogP contribution in [0.2, 0.25) is 0 Å². The lowest BCUT2D eigenvalue weighted by Gasteiger charge is -2.06. The van der Waals surface area contributed by atoms with Crippen molar-refractivity contribution in [2.75, 3.05) is 12.4 Å². The van der Waals surface area contributed by atoms with E-state index in [9.17, 15) is 0 Å². The number of aryl methyl sites for hydroxylation is 2. The van der Waals surface area contributed by atoms with Gasteiger partial charge in [-0.15, -0.1) is 0 Å². The van der Waals surface area contributed by atoms with E-state index >= 15 is 0 Å². The van der Waals surface area contributed by atoms with Gasteiger partial charge in [0, 0.05) is 11.9 Å². The predicted octanol–water partition coefficient (Wildman–Crippen LogP) is 3.89. The van der Waals surface area contributed by atoms with Gasteiger partial charge in [0.2, 0.25) is 0 Å². The molecule has 0 aliphatic rings. The van der Waals surface area contributed by atoms with Crippen molar-refractivity contribution < 1.29 is 0 Å². The molecule has 0 atom stereocenters. The minimum absolute atomic E-state index is 0.902. The maximum Gasteiger partial charge on any atom is 0.127 e. The van der Waals surface area contributed by atoms with E-state index in [1.54, 1.807) is 11.8 Å². The molecule has 0 aliphatic heterocycles. The quantitative estimate of drug-likeness (QED) is 0.886. The SMILES string of the molecule is CNc1cccc(Sc2ccc(C)c(C)c2)n1. The zero-order chi connectivity index (χ0) is 12.3. The van der Waals surface area contributed by atoms with E-state index in [0.29, 0.717) is 0 Å². The average Bonchev–Trinajstić information content (AvgIpc) is 2.34. The monoisotopic (exact) mass is 244 g/mol. The van der Waals surface area contributed by atoms with Crippen molar-refractivity contribution in [3.05, 3.63) is 47.5 Å². The van der Waals surface area contributed by atoms with E-state index in [1.807, 2.05) is 25.2 Å². The van der Waals surface area contributed by atoms with Crippen LogP contribution >= 0.6 is 11.8 Å². The molecule has 2 aromatic rings. The molecule has 0 fully saturated rings. The summed E-state index contributed by atoms with van der Waals surface area (Å²) >= 11 is 1.69. The summed E-state index contributed by atoms with van der Waals surface area (Å²) in [5.41, 5.74) is 2.64. The molecule has 0 bridgehead atoms.